The number of fused-ring (bicyclic) bond motifs is 1. The maximum atomic E-state index is 11.9. The lowest BCUT2D eigenvalue weighted by molar-refractivity contribution is -0.122. The highest BCUT2D eigenvalue weighted by Gasteiger charge is 2.15. The summed E-state index contributed by atoms with van der Waals surface area (Å²) in [4.78, 5) is 11.9. The summed E-state index contributed by atoms with van der Waals surface area (Å²) in [7, 11) is 1.62. The Labute approximate surface area is 163 Å². The number of benzene rings is 1. The molecule has 3 aromatic rings. The number of rotatable bonds is 7. The smallest absolute Gasteiger partial charge is 0.231 e. The predicted molar refractivity (Wildman–Crippen MR) is 105 cm³/mol. The first-order chi connectivity index (χ1) is 13.4. The van der Waals surface area contributed by atoms with E-state index in [9.17, 15) is 4.79 Å². The van der Waals surface area contributed by atoms with Gasteiger partial charge in [0, 0.05) is 18.1 Å². The number of aromatic nitrogens is 4. The molecule has 0 aliphatic rings. The number of methoxy groups -OCH3 is 1. The second-order valence-corrected chi connectivity index (χ2v) is 7.63. The van der Waals surface area contributed by atoms with Gasteiger partial charge >= 0.3 is 0 Å². The van der Waals surface area contributed by atoms with Gasteiger partial charge in [-0.1, -0.05) is 32.9 Å². The summed E-state index contributed by atoms with van der Waals surface area (Å²) in [5, 5.41) is 15.7. The first-order valence-electron chi connectivity index (χ1n) is 9.12. The molecule has 0 fully saturated rings. The molecule has 148 valence electrons. The average Bonchev–Trinajstić information content (AvgIpc) is 3.07. The molecule has 2 heterocycles. The van der Waals surface area contributed by atoms with Crippen molar-refractivity contribution in [2.45, 2.75) is 27.2 Å². The molecule has 0 unspecified atom stereocenters. The SMILES string of the molecule is COc1cccc(-c2nnc3ccc(OCCNC(=O)CC(C)(C)C)nn23)c1. The van der Waals surface area contributed by atoms with Crippen molar-refractivity contribution in [3.63, 3.8) is 0 Å². The lowest BCUT2D eigenvalue weighted by Crippen LogP contribution is -2.31. The van der Waals surface area contributed by atoms with Crippen molar-refractivity contribution in [1.82, 2.24) is 25.1 Å². The molecule has 1 N–H and O–H groups in total. The fourth-order valence-corrected chi connectivity index (χ4v) is 2.68. The average molecular weight is 383 g/mol. The Bertz CT molecular complexity index is 962. The minimum atomic E-state index is -0.0392. The van der Waals surface area contributed by atoms with Crippen molar-refractivity contribution in [2.75, 3.05) is 20.3 Å². The van der Waals surface area contributed by atoms with Gasteiger partial charge in [-0.15, -0.1) is 15.3 Å². The summed E-state index contributed by atoms with van der Waals surface area (Å²) in [5.41, 5.74) is 1.41. The zero-order valence-electron chi connectivity index (χ0n) is 16.6. The highest BCUT2D eigenvalue weighted by Crippen LogP contribution is 2.23. The van der Waals surface area contributed by atoms with E-state index in [4.69, 9.17) is 9.47 Å². The molecule has 0 atom stereocenters. The van der Waals surface area contributed by atoms with Crippen molar-refractivity contribution in [1.29, 1.82) is 0 Å². The first kappa shape index (κ1) is 19.6. The van der Waals surface area contributed by atoms with E-state index >= 15 is 0 Å². The van der Waals surface area contributed by atoms with Crippen molar-refractivity contribution in [3.05, 3.63) is 36.4 Å². The Kier molecular flexibility index (Phi) is 5.77. The minimum Gasteiger partial charge on any atom is -0.497 e. The van der Waals surface area contributed by atoms with Crippen LogP contribution in [0.4, 0.5) is 0 Å². The lowest BCUT2D eigenvalue weighted by Gasteiger charge is -2.17. The van der Waals surface area contributed by atoms with Crippen molar-refractivity contribution in [2.24, 2.45) is 5.41 Å². The maximum Gasteiger partial charge on any atom is 0.231 e. The minimum absolute atomic E-state index is 0.0126. The van der Waals surface area contributed by atoms with Gasteiger partial charge in [-0.05, 0) is 23.6 Å². The molecular weight excluding hydrogens is 358 g/mol. The van der Waals surface area contributed by atoms with E-state index in [1.165, 1.54) is 0 Å². The van der Waals surface area contributed by atoms with Gasteiger partial charge in [0.25, 0.3) is 0 Å². The van der Waals surface area contributed by atoms with E-state index in [2.05, 4.69) is 20.6 Å². The van der Waals surface area contributed by atoms with Crippen LogP contribution in [-0.4, -0.2) is 46.0 Å². The normalized spacial score (nSPS) is 11.4. The van der Waals surface area contributed by atoms with E-state index in [-0.39, 0.29) is 11.3 Å². The van der Waals surface area contributed by atoms with Crippen LogP contribution in [-0.2, 0) is 4.79 Å². The van der Waals surface area contributed by atoms with E-state index < -0.39 is 0 Å². The van der Waals surface area contributed by atoms with Crippen molar-refractivity contribution >= 4 is 11.6 Å². The molecule has 0 aliphatic carbocycles. The van der Waals surface area contributed by atoms with Crippen LogP contribution in [0, 0.1) is 5.41 Å². The molecule has 3 rings (SSSR count). The molecule has 8 heteroatoms. The van der Waals surface area contributed by atoms with Gasteiger partial charge in [-0.3, -0.25) is 4.79 Å². The third kappa shape index (κ3) is 4.97. The third-order valence-corrected chi connectivity index (χ3v) is 3.93. The number of ether oxygens (including phenoxy) is 2. The van der Waals surface area contributed by atoms with Crippen LogP contribution in [0.5, 0.6) is 11.6 Å². The van der Waals surface area contributed by atoms with Gasteiger partial charge < -0.3 is 14.8 Å². The number of carbonyl (C=O) groups excluding carboxylic acids is 1. The first-order valence-corrected chi connectivity index (χ1v) is 9.12. The molecule has 2 aromatic heterocycles. The Balaban J connectivity index is 1.66. The van der Waals surface area contributed by atoms with Crippen molar-refractivity contribution in [3.8, 4) is 23.0 Å². The fourth-order valence-electron chi connectivity index (χ4n) is 2.68. The highest BCUT2D eigenvalue weighted by atomic mass is 16.5. The van der Waals surface area contributed by atoms with Crippen LogP contribution in [0.2, 0.25) is 0 Å². The second-order valence-electron chi connectivity index (χ2n) is 7.63. The monoisotopic (exact) mass is 383 g/mol. The summed E-state index contributed by atoms with van der Waals surface area (Å²) >= 11 is 0. The topological polar surface area (TPSA) is 90.6 Å². The van der Waals surface area contributed by atoms with E-state index in [0.717, 1.165) is 11.3 Å². The van der Waals surface area contributed by atoms with Crippen LogP contribution in [0.1, 0.15) is 27.2 Å². The maximum absolute atomic E-state index is 11.9. The van der Waals surface area contributed by atoms with Gasteiger partial charge in [0.2, 0.25) is 11.8 Å². The number of nitrogens with zero attached hydrogens (tertiary/aromatic N) is 4. The van der Waals surface area contributed by atoms with Gasteiger partial charge in [0.1, 0.15) is 12.4 Å². The Morgan fingerprint density at radius 2 is 2.00 bits per heavy atom. The van der Waals surface area contributed by atoms with Crippen molar-refractivity contribution < 1.29 is 14.3 Å². The van der Waals surface area contributed by atoms with Crippen LogP contribution >= 0.6 is 0 Å². The van der Waals surface area contributed by atoms with Crippen LogP contribution in [0.25, 0.3) is 17.0 Å². The molecule has 0 saturated heterocycles. The van der Waals surface area contributed by atoms with E-state index in [1.807, 2.05) is 45.0 Å². The van der Waals surface area contributed by atoms with E-state index in [0.29, 0.717) is 36.9 Å². The molecule has 0 radical (unpaired) electrons. The number of amides is 1. The third-order valence-electron chi connectivity index (χ3n) is 3.93. The predicted octanol–water partition coefficient (Wildman–Crippen LogP) is 2.73. The van der Waals surface area contributed by atoms with Crippen LogP contribution < -0.4 is 14.8 Å². The van der Waals surface area contributed by atoms with Crippen LogP contribution in [0.3, 0.4) is 0 Å². The molecular formula is C20H25N5O3. The van der Waals surface area contributed by atoms with Crippen LogP contribution in [0.15, 0.2) is 36.4 Å². The second kappa shape index (κ2) is 8.24. The lowest BCUT2D eigenvalue weighted by atomic mass is 9.92. The fraction of sp³-hybridized carbons (Fsp3) is 0.400. The zero-order chi connectivity index (χ0) is 20.1. The Hall–Kier alpha value is -3.16. The number of hydrogen-bond acceptors (Lipinski definition) is 6. The Morgan fingerprint density at radius 3 is 2.75 bits per heavy atom. The van der Waals surface area contributed by atoms with Gasteiger partial charge in [0.05, 0.1) is 13.7 Å². The molecule has 1 amide bonds. The van der Waals surface area contributed by atoms with Gasteiger partial charge in [-0.2, -0.15) is 4.52 Å². The molecule has 8 nitrogen and oxygen atoms in total. The number of hydrogen-bond donors (Lipinski definition) is 1. The quantitative estimate of drug-likeness (QED) is 0.631. The summed E-state index contributed by atoms with van der Waals surface area (Å²) < 4.78 is 12.6. The summed E-state index contributed by atoms with van der Waals surface area (Å²) in [6.45, 7) is 6.83. The Morgan fingerprint density at radius 1 is 1.18 bits per heavy atom. The van der Waals surface area contributed by atoms with Gasteiger partial charge in [0.15, 0.2) is 11.5 Å². The molecule has 0 spiro atoms. The molecule has 1 aromatic carbocycles. The standard InChI is InChI=1S/C20H25N5O3/c1-20(2,3)13-17(26)21-10-11-28-18-9-8-16-22-23-19(25(16)24-18)14-6-5-7-15(12-14)27-4/h5-9,12H,10-11,13H2,1-4H3,(H,21,26). The molecule has 0 bridgehead atoms. The number of nitrogens with one attached hydrogen (secondary N) is 1. The number of carbonyl (C=O) groups is 1. The van der Waals surface area contributed by atoms with E-state index in [1.54, 1.807) is 23.8 Å². The summed E-state index contributed by atoms with van der Waals surface area (Å²) in [5.74, 6) is 1.77. The summed E-state index contributed by atoms with van der Waals surface area (Å²) in [6.07, 6.45) is 0.474. The summed E-state index contributed by atoms with van der Waals surface area (Å²) in [6, 6.07) is 11.1. The van der Waals surface area contributed by atoms with Gasteiger partial charge in [-0.25, -0.2) is 0 Å². The molecule has 0 saturated carbocycles. The molecule has 28 heavy (non-hydrogen) atoms. The molecule has 0 aliphatic heterocycles. The largest absolute Gasteiger partial charge is 0.497 e. The zero-order valence-corrected chi connectivity index (χ0v) is 16.6. The highest BCUT2D eigenvalue weighted by molar-refractivity contribution is 5.76.